The first-order valence-electron chi connectivity index (χ1n) is 11.4. The molecule has 1 aliphatic heterocycles. The molecule has 0 radical (unpaired) electrons. The zero-order chi connectivity index (χ0) is 23.8. The highest BCUT2D eigenvalue weighted by Crippen LogP contribution is 2.26. The Bertz CT molecular complexity index is 1100. The van der Waals surface area contributed by atoms with E-state index < -0.39 is 0 Å². The number of benzene rings is 3. The molecule has 0 aromatic heterocycles. The van der Waals surface area contributed by atoms with Crippen molar-refractivity contribution in [3.8, 4) is 16.9 Å². The maximum atomic E-state index is 14.6. The van der Waals surface area contributed by atoms with Crippen LogP contribution >= 0.6 is 11.6 Å². The van der Waals surface area contributed by atoms with Crippen molar-refractivity contribution >= 4 is 17.5 Å². The summed E-state index contributed by atoms with van der Waals surface area (Å²) in [5.74, 6) is -0.202. The third kappa shape index (κ3) is 7.03. The summed E-state index contributed by atoms with van der Waals surface area (Å²) in [5, 5.41) is 3.55. The number of rotatable bonds is 9. The van der Waals surface area contributed by atoms with E-state index in [9.17, 15) is 9.18 Å². The molecule has 0 bridgehead atoms. The molecule has 178 valence electrons. The van der Waals surface area contributed by atoms with Gasteiger partial charge in [0.05, 0.1) is 19.6 Å². The van der Waals surface area contributed by atoms with Gasteiger partial charge in [0.1, 0.15) is 6.61 Å². The van der Waals surface area contributed by atoms with Crippen molar-refractivity contribution in [2.75, 3.05) is 39.5 Å². The van der Waals surface area contributed by atoms with E-state index in [0.29, 0.717) is 18.2 Å². The highest BCUT2D eigenvalue weighted by molar-refractivity contribution is 6.30. The average molecular weight is 483 g/mol. The minimum atomic E-state index is -0.385. The Kier molecular flexibility index (Phi) is 8.52. The summed E-state index contributed by atoms with van der Waals surface area (Å²) in [6.07, 6.45) is 0.269. The van der Waals surface area contributed by atoms with Gasteiger partial charge in [-0.2, -0.15) is 0 Å². The minimum Gasteiger partial charge on any atom is -0.489 e. The number of amides is 1. The Balaban J connectivity index is 1.27. The molecule has 0 unspecified atom stereocenters. The van der Waals surface area contributed by atoms with Crippen molar-refractivity contribution < 1.29 is 18.7 Å². The zero-order valence-electron chi connectivity index (χ0n) is 18.9. The standard InChI is InChI=1S/C27H28ClFN2O3/c28-24-3-1-2-21(16-24)19-30-27(32)17-20-4-6-22(7-5-20)23-8-9-26(25(29)18-23)34-15-12-31-10-13-33-14-11-31/h1-9,16,18H,10-15,17,19H2,(H,30,32). The molecule has 0 atom stereocenters. The van der Waals surface area contributed by atoms with Crippen LogP contribution in [0, 0.1) is 5.82 Å². The number of nitrogens with one attached hydrogen (secondary N) is 1. The van der Waals surface area contributed by atoms with Gasteiger partial charge in [-0.25, -0.2) is 4.39 Å². The van der Waals surface area contributed by atoms with Crippen molar-refractivity contribution in [3.63, 3.8) is 0 Å². The number of ether oxygens (including phenoxy) is 2. The number of carbonyl (C=O) groups excluding carboxylic acids is 1. The van der Waals surface area contributed by atoms with Crippen LogP contribution in [0.1, 0.15) is 11.1 Å². The van der Waals surface area contributed by atoms with Crippen molar-refractivity contribution in [2.24, 2.45) is 0 Å². The maximum Gasteiger partial charge on any atom is 0.224 e. The van der Waals surface area contributed by atoms with E-state index in [1.54, 1.807) is 12.1 Å². The average Bonchev–Trinajstić information content (AvgIpc) is 2.85. The molecule has 1 heterocycles. The first kappa shape index (κ1) is 24.2. The first-order valence-corrected chi connectivity index (χ1v) is 11.8. The highest BCUT2D eigenvalue weighted by Gasteiger charge is 2.12. The predicted octanol–water partition coefficient (Wildman–Crippen LogP) is 4.72. The van der Waals surface area contributed by atoms with E-state index in [2.05, 4.69) is 10.2 Å². The van der Waals surface area contributed by atoms with E-state index in [1.165, 1.54) is 6.07 Å². The molecule has 0 aliphatic carbocycles. The molecule has 0 saturated carbocycles. The van der Waals surface area contributed by atoms with Gasteiger partial charge in [-0.15, -0.1) is 0 Å². The maximum absolute atomic E-state index is 14.6. The van der Waals surface area contributed by atoms with E-state index in [-0.39, 0.29) is 23.9 Å². The van der Waals surface area contributed by atoms with Crippen molar-refractivity contribution in [2.45, 2.75) is 13.0 Å². The summed E-state index contributed by atoms with van der Waals surface area (Å²) in [7, 11) is 0. The van der Waals surface area contributed by atoms with Gasteiger partial charge in [0.15, 0.2) is 11.6 Å². The molecule has 1 fully saturated rings. The molecule has 3 aromatic carbocycles. The zero-order valence-corrected chi connectivity index (χ0v) is 19.7. The topological polar surface area (TPSA) is 50.8 Å². The number of carbonyl (C=O) groups is 1. The largest absolute Gasteiger partial charge is 0.489 e. The van der Waals surface area contributed by atoms with Crippen LogP contribution in [-0.2, 0) is 22.5 Å². The van der Waals surface area contributed by atoms with Gasteiger partial charge in [-0.3, -0.25) is 9.69 Å². The minimum absolute atomic E-state index is 0.0719. The number of nitrogens with zero attached hydrogens (tertiary/aromatic N) is 1. The lowest BCUT2D eigenvalue weighted by atomic mass is 10.0. The van der Waals surface area contributed by atoms with Crippen molar-refractivity contribution in [1.82, 2.24) is 10.2 Å². The van der Waals surface area contributed by atoms with Crippen LogP contribution in [0.3, 0.4) is 0 Å². The molecular formula is C27H28ClFN2O3. The van der Waals surface area contributed by atoms with Crippen LogP contribution < -0.4 is 10.1 Å². The summed E-state index contributed by atoms with van der Waals surface area (Å²) in [5.41, 5.74) is 3.47. The summed E-state index contributed by atoms with van der Waals surface area (Å²) >= 11 is 5.98. The van der Waals surface area contributed by atoms with Gasteiger partial charge in [0.25, 0.3) is 0 Å². The third-order valence-electron chi connectivity index (χ3n) is 5.73. The Labute approximate surface area is 204 Å². The van der Waals surface area contributed by atoms with Crippen LogP contribution in [-0.4, -0.2) is 50.3 Å². The molecule has 1 aliphatic rings. The Morgan fingerprint density at radius 2 is 1.76 bits per heavy atom. The second kappa shape index (κ2) is 12.0. The molecule has 1 saturated heterocycles. The molecule has 7 heteroatoms. The molecular weight excluding hydrogens is 455 g/mol. The normalized spacial score (nSPS) is 14.1. The summed E-state index contributed by atoms with van der Waals surface area (Å²) < 4.78 is 25.6. The fourth-order valence-corrected chi connectivity index (χ4v) is 4.03. The van der Waals surface area contributed by atoms with Gasteiger partial charge in [-0.05, 0) is 46.5 Å². The molecule has 4 rings (SSSR count). The number of hydrogen-bond acceptors (Lipinski definition) is 4. The molecule has 34 heavy (non-hydrogen) atoms. The predicted molar refractivity (Wildman–Crippen MR) is 132 cm³/mol. The van der Waals surface area contributed by atoms with E-state index in [0.717, 1.165) is 55.1 Å². The third-order valence-corrected chi connectivity index (χ3v) is 5.97. The summed E-state index contributed by atoms with van der Waals surface area (Å²) in [6, 6.07) is 20.0. The summed E-state index contributed by atoms with van der Waals surface area (Å²) in [4.78, 5) is 14.5. The fourth-order valence-electron chi connectivity index (χ4n) is 3.82. The summed E-state index contributed by atoms with van der Waals surface area (Å²) in [6.45, 7) is 4.83. The van der Waals surface area contributed by atoms with Crippen molar-refractivity contribution in [3.05, 3.63) is 88.7 Å². The van der Waals surface area contributed by atoms with Crippen LogP contribution in [0.4, 0.5) is 4.39 Å². The number of halogens is 2. The van der Waals surface area contributed by atoms with Gasteiger partial charge < -0.3 is 14.8 Å². The van der Waals surface area contributed by atoms with E-state index in [1.807, 2.05) is 48.5 Å². The second-order valence-corrected chi connectivity index (χ2v) is 8.66. The number of morpholine rings is 1. The fraction of sp³-hybridized carbons (Fsp3) is 0.296. The SMILES string of the molecule is O=C(Cc1ccc(-c2ccc(OCCN3CCOCC3)c(F)c2)cc1)NCc1cccc(Cl)c1. The van der Waals surface area contributed by atoms with E-state index in [4.69, 9.17) is 21.1 Å². The Hall–Kier alpha value is -2.93. The van der Waals surface area contributed by atoms with Crippen LogP contribution in [0.5, 0.6) is 5.75 Å². The van der Waals surface area contributed by atoms with Gasteiger partial charge in [0, 0.05) is 31.2 Å². The molecule has 5 nitrogen and oxygen atoms in total. The Morgan fingerprint density at radius 1 is 1.00 bits per heavy atom. The van der Waals surface area contributed by atoms with Crippen LogP contribution in [0.15, 0.2) is 66.7 Å². The Morgan fingerprint density at radius 3 is 2.50 bits per heavy atom. The van der Waals surface area contributed by atoms with Gasteiger partial charge >= 0.3 is 0 Å². The van der Waals surface area contributed by atoms with Crippen molar-refractivity contribution in [1.29, 1.82) is 0 Å². The first-order chi connectivity index (χ1) is 16.6. The monoisotopic (exact) mass is 482 g/mol. The van der Waals surface area contributed by atoms with Gasteiger partial charge in [0.2, 0.25) is 5.91 Å². The van der Waals surface area contributed by atoms with E-state index >= 15 is 0 Å². The highest BCUT2D eigenvalue weighted by atomic mass is 35.5. The van der Waals surface area contributed by atoms with Crippen LogP contribution in [0.2, 0.25) is 5.02 Å². The quantitative estimate of drug-likeness (QED) is 0.479. The molecule has 1 amide bonds. The second-order valence-electron chi connectivity index (χ2n) is 8.23. The number of hydrogen-bond donors (Lipinski definition) is 1. The van der Waals surface area contributed by atoms with Crippen LogP contribution in [0.25, 0.3) is 11.1 Å². The van der Waals surface area contributed by atoms with Gasteiger partial charge in [-0.1, -0.05) is 54.1 Å². The smallest absolute Gasteiger partial charge is 0.224 e. The molecule has 1 N–H and O–H groups in total. The lowest BCUT2D eigenvalue weighted by Crippen LogP contribution is -2.38. The lowest BCUT2D eigenvalue weighted by Gasteiger charge is -2.26. The molecule has 3 aromatic rings. The molecule has 0 spiro atoms. The lowest BCUT2D eigenvalue weighted by molar-refractivity contribution is -0.120.